The number of likely N-dealkylation sites (tertiary alicyclic amines) is 1. The Hall–Kier alpha value is -0.0800. The second kappa shape index (κ2) is 5.71. The van der Waals surface area contributed by atoms with Crippen LogP contribution in [0.2, 0.25) is 0 Å². The van der Waals surface area contributed by atoms with E-state index < -0.39 is 0 Å². The van der Waals surface area contributed by atoms with E-state index in [1.807, 2.05) is 0 Å². The van der Waals surface area contributed by atoms with Crippen LogP contribution in [0.25, 0.3) is 0 Å². The summed E-state index contributed by atoms with van der Waals surface area (Å²) in [5, 5.41) is 3.67. The van der Waals surface area contributed by atoms with Gasteiger partial charge in [-0.1, -0.05) is 20.8 Å². The van der Waals surface area contributed by atoms with Crippen LogP contribution in [0.4, 0.5) is 0 Å². The summed E-state index contributed by atoms with van der Waals surface area (Å²) in [6, 6.07) is 0. The van der Waals surface area contributed by atoms with E-state index in [4.69, 9.17) is 0 Å². The highest BCUT2D eigenvalue weighted by Crippen LogP contribution is 2.26. The van der Waals surface area contributed by atoms with Crippen LogP contribution >= 0.6 is 0 Å². The standard InChI is InChI=1S/C15H32N2/c1-7-15(6,11-16-14(3,4)5)12-17-9-8-13(2)10-17/h13,16H,7-12H2,1-6H3. The maximum absolute atomic E-state index is 3.67. The van der Waals surface area contributed by atoms with Crippen molar-refractivity contribution < 1.29 is 0 Å². The second-order valence-electron chi connectivity index (χ2n) is 7.40. The Kier molecular flexibility index (Phi) is 5.03. The molecule has 0 amide bonds. The Morgan fingerprint density at radius 2 is 1.88 bits per heavy atom. The van der Waals surface area contributed by atoms with Gasteiger partial charge in [-0.3, -0.25) is 0 Å². The fourth-order valence-corrected chi connectivity index (χ4v) is 2.48. The number of nitrogens with one attached hydrogen (secondary N) is 1. The Morgan fingerprint density at radius 3 is 2.29 bits per heavy atom. The molecular formula is C15H32N2. The van der Waals surface area contributed by atoms with Crippen molar-refractivity contribution in [3.8, 4) is 0 Å². The van der Waals surface area contributed by atoms with Gasteiger partial charge in [0.15, 0.2) is 0 Å². The molecule has 1 N–H and O–H groups in total. The van der Waals surface area contributed by atoms with Crippen molar-refractivity contribution in [2.45, 2.75) is 59.9 Å². The average Bonchev–Trinajstić information content (AvgIpc) is 2.60. The summed E-state index contributed by atoms with van der Waals surface area (Å²) in [5.41, 5.74) is 0.645. The first-order valence-corrected chi connectivity index (χ1v) is 7.21. The highest BCUT2D eigenvalue weighted by Gasteiger charge is 2.29. The molecule has 0 spiro atoms. The summed E-state index contributed by atoms with van der Waals surface area (Å²) >= 11 is 0. The third-order valence-corrected chi connectivity index (χ3v) is 4.01. The van der Waals surface area contributed by atoms with E-state index >= 15 is 0 Å². The van der Waals surface area contributed by atoms with Crippen LogP contribution in [-0.2, 0) is 0 Å². The molecule has 0 bridgehead atoms. The summed E-state index contributed by atoms with van der Waals surface area (Å²) in [4.78, 5) is 2.65. The summed E-state index contributed by atoms with van der Waals surface area (Å²) in [6.45, 7) is 18.8. The van der Waals surface area contributed by atoms with E-state index in [0.29, 0.717) is 5.41 Å². The molecule has 1 aliphatic rings. The maximum Gasteiger partial charge on any atom is 0.00967 e. The molecular weight excluding hydrogens is 208 g/mol. The first kappa shape index (κ1) is 15.0. The SMILES string of the molecule is CCC(C)(CNC(C)(C)C)CN1CCC(C)C1. The fraction of sp³-hybridized carbons (Fsp3) is 1.00. The van der Waals surface area contributed by atoms with Crippen molar-refractivity contribution in [2.75, 3.05) is 26.2 Å². The molecule has 1 fully saturated rings. The quantitative estimate of drug-likeness (QED) is 0.794. The highest BCUT2D eigenvalue weighted by molar-refractivity contribution is 4.85. The average molecular weight is 240 g/mol. The predicted molar refractivity (Wildman–Crippen MR) is 76.4 cm³/mol. The van der Waals surface area contributed by atoms with E-state index in [-0.39, 0.29) is 5.54 Å². The monoisotopic (exact) mass is 240 g/mol. The van der Waals surface area contributed by atoms with E-state index in [2.05, 4.69) is 51.8 Å². The third-order valence-electron chi connectivity index (χ3n) is 4.01. The van der Waals surface area contributed by atoms with E-state index in [1.54, 1.807) is 0 Å². The lowest BCUT2D eigenvalue weighted by atomic mass is 9.86. The fourth-order valence-electron chi connectivity index (χ4n) is 2.48. The molecule has 1 heterocycles. The zero-order chi connectivity index (χ0) is 13.1. The molecule has 0 aromatic rings. The number of hydrogen-bond donors (Lipinski definition) is 1. The van der Waals surface area contributed by atoms with Gasteiger partial charge in [-0.05, 0) is 51.5 Å². The van der Waals surface area contributed by atoms with Gasteiger partial charge in [0, 0.05) is 25.2 Å². The minimum Gasteiger partial charge on any atom is -0.311 e. The van der Waals surface area contributed by atoms with E-state index in [1.165, 1.54) is 32.5 Å². The van der Waals surface area contributed by atoms with Gasteiger partial charge >= 0.3 is 0 Å². The first-order chi connectivity index (χ1) is 7.74. The zero-order valence-electron chi connectivity index (χ0n) is 12.8. The molecule has 0 radical (unpaired) electrons. The largest absolute Gasteiger partial charge is 0.311 e. The summed E-state index contributed by atoms with van der Waals surface area (Å²) in [7, 11) is 0. The van der Waals surface area contributed by atoms with Crippen molar-refractivity contribution >= 4 is 0 Å². The Labute approximate surface area is 108 Å². The third kappa shape index (κ3) is 5.39. The van der Waals surface area contributed by atoms with Crippen LogP contribution in [-0.4, -0.2) is 36.6 Å². The first-order valence-electron chi connectivity index (χ1n) is 7.21. The molecule has 2 nitrogen and oxygen atoms in total. The highest BCUT2D eigenvalue weighted by atomic mass is 15.2. The van der Waals surface area contributed by atoms with Crippen molar-refractivity contribution in [1.82, 2.24) is 10.2 Å². The van der Waals surface area contributed by atoms with Gasteiger partial charge in [0.25, 0.3) is 0 Å². The Morgan fingerprint density at radius 1 is 1.24 bits per heavy atom. The smallest absolute Gasteiger partial charge is 0.00967 e. The maximum atomic E-state index is 3.67. The van der Waals surface area contributed by atoms with Gasteiger partial charge < -0.3 is 10.2 Å². The summed E-state index contributed by atoms with van der Waals surface area (Å²) in [6.07, 6.45) is 2.63. The normalized spacial score (nSPS) is 26.1. The lowest BCUT2D eigenvalue weighted by Crippen LogP contribution is -2.47. The number of rotatable bonds is 5. The molecule has 0 saturated carbocycles. The molecule has 1 rings (SSSR count). The summed E-state index contributed by atoms with van der Waals surface area (Å²) < 4.78 is 0. The molecule has 2 heteroatoms. The molecule has 0 aliphatic carbocycles. The molecule has 2 unspecified atom stereocenters. The van der Waals surface area contributed by atoms with Gasteiger partial charge in [-0.2, -0.15) is 0 Å². The second-order valence-corrected chi connectivity index (χ2v) is 7.40. The van der Waals surface area contributed by atoms with Crippen LogP contribution in [0.1, 0.15) is 54.4 Å². The minimum absolute atomic E-state index is 0.231. The molecule has 0 aromatic heterocycles. The number of nitrogens with zero attached hydrogens (tertiary/aromatic N) is 1. The van der Waals surface area contributed by atoms with Crippen LogP contribution < -0.4 is 5.32 Å². The molecule has 102 valence electrons. The topological polar surface area (TPSA) is 15.3 Å². The van der Waals surface area contributed by atoms with Crippen molar-refractivity contribution in [3.05, 3.63) is 0 Å². The summed E-state index contributed by atoms with van der Waals surface area (Å²) in [5.74, 6) is 0.895. The lowest BCUT2D eigenvalue weighted by Gasteiger charge is -2.36. The molecule has 2 atom stereocenters. The van der Waals surface area contributed by atoms with Crippen LogP contribution in [0, 0.1) is 11.3 Å². The van der Waals surface area contributed by atoms with Crippen LogP contribution in [0.5, 0.6) is 0 Å². The lowest BCUT2D eigenvalue weighted by molar-refractivity contribution is 0.165. The molecule has 1 aliphatic heterocycles. The van der Waals surface area contributed by atoms with Gasteiger partial charge in [0.05, 0.1) is 0 Å². The zero-order valence-corrected chi connectivity index (χ0v) is 12.8. The Bertz CT molecular complexity index is 232. The van der Waals surface area contributed by atoms with Crippen molar-refractivity contribution in [3.63, 3.8) is 0 Å². The van der Waals surface area contributed by atoms with Crippen molar-refractivity contribution in [2.24, 2.45) is 11.3 Å². The van der Waals surface area contributed by atoms with E-state index in [0.717, 1.165) is 12.5 Å². The van der Waals surface area contributed by atoms with Gasteiger partial charge in [-0.25, -0.2) is 0 Å². The van der Waals surface area contributed by atoms with Gasteiger partial charge in [-0.15, -0.1) is 0 Å². The minimum atomic E-state index is 0.231. The van der Waals surface area contributed by atoms with E-state index in [9.17, 15) is 0 Å². The molecule has 1 saturated heterocycles. The predicted octanol–water partition coefficient (Wildman–Crippen LogP) is 3.13. The molecule has 17 heavy (non-hydrogen) atoms. The van der Waals surface area contributed by atoms with Gasteiger partial charge in [0.2, 0.25) is 0 Å². The molecule has 0 aromatic carbocycles. The van der Waals surface area contributed by atoms with Gasteiger partial charge in [0.1, 0.15) is 0 Å². The number of hydrogen-bond acceptors (Lipinski definition) is 2. The van der Waals surface area contributed by atoms with Crippen LogP contribution in [0.3, 0.4) is 0 Å². The van der Waals surface area contributed by atoms with Crippen molar-refractivity contribution in [1.29, 1.82) is 0 Å². The van der Waals surface area contributed by atoms with Crippen LogP contribution in [0.15, 0.2) is 0 Å². The Balaban J connectivity index is 2.44.